The fraction of sp³-hybridized carbons (Fsp3) is 0.320. The van der Waals surface area contributed by atoms with Crippen LogP contribution in [0.4, 0.5) is 22.2 Å². The van der Waals surface area contributed by atoms with Gasteiger partial charge in [-0.3, -0.25) is 9.72 Å². The van der Waals surface area contributed by atoms with Gasteiger partial charge in [-0.05, 0) is 19.2 Å². The van der Waals surface area contributed by atoms with Crippen molar-refractivity contribution in [3.05, 3.63) is 48.5 Å². The number of carbonyl (C=O) groups excluding carboxylic acids is 1. The number of imidazole rings is 1. The number of nitrogens with one attached hydrogen (secondary N) is 3. The van der Waals surface area contributed by atoms with Crippen molar-refractivity contribution < 1.29 is 9.32 Å². The molecule has 0 bridgehead atoms. The Bertz CT molecular complexity index is 1550. The normalized spacial score (nSPS) is 11.8. The van der Waals surface area contributed by atoms with E-state index in [0.717, 1.165) is 39.7 Å². The lowest BCUT2D eigenvalue weighted by atomic mass is 9.93. The highest BCUT2D eigenvalue weighted by atomic mass is 32.1. The molecule has 0 saturated carbocycles. The second-order valence-electron chi connectivity index (χ2n) is 9.75. The average Bonchev–Trinajstić information content (AvgIpc) is 3.57. The smallest absolute Gasteiger partial charge is 0.324 e. The van der Waals surface area contributed by atoms with Crippen molar-refractivity contribution in [2.24, 2.45) is 0 Å². The van der Waals surface area contributed by atoms with Crippen LogP contribution in [-0.4, -0.2) is 57.7 Å². The molecule has 1 aromatic carbocycles. The van der Waals surface area contributed by atoms with Gasteiger partial charge < -0.3 is 20.1 Å². The summed E-state index contributed by atoms with van der Waals surface area (Å²) in [6, 6.07) is 8.84. The van der Waals surface area contributed by atoms with Crippen LogP contribution < -0.4 is 20.9 Å². The minimum Gasteiger partial charge on any atom is -0.359 e. The first-order valence-corrected chi connectivity index (χ1v) is 12.7. The van der Waals surface area contributed by atoms with Crippen LogP contribution >= 0.6 is 11.3 Å². The van der Waals surface area contributed by atoms with E-state index in [1.165, 1.54) is 11.3 Å². The number of carbonyl (C=O) groups is 1. The molecule has 192 valence electrons. The molecule has 0 atom stereocenters. The molecule has 0 aliphatic heterocycles. The molecule has 4 aromatic heterocycles. The third-order valence-electron chi connectivity index (χ3n) is 5.81. The SMILES string of the molecule is CNCCN(C)c1ncc2c(n1)sc1nc(-c3ccc(NC(=O)Nc4cc(C(C)(C)C)on4)cc3)cn12. The summed E-state index contributed by atoms with van der Waals surface area (Å²) in [6.07, 6.45) is 3.82. The highest BCUT2D eigenvalue weighted by molar-refractivity contribution is 7.23. The maximum atomic E-state index is 12.4. The predicted molar refractivity (Wildman–Crippen MR) is 147 cm³/mol. The van der Waals surface area contributed by atoms with E-state index >= 15 is 0 Å². The monoisotopic (exact) mass is 519 g/mol. The van der Waals surface area contributed by atoms with Crippen LogP contribution in [0.25, 0.3) is 26.6 Å². The zero-order chi connectivity index (χ0) is 26.2. The van der Waals surface area contributed by atoms with Gasteiger partial charge in [0, 0.05) is 49.1 Å². The number of fused-ring (bicyclic) bond motifs is 3. The quantitative estimate of drug-likeness (QED) is 0.285. The van der Waals surface area contributed by atoms with Gasteiger partial charge in [0.1, 0.15) is 16.1 Å². The fourth-order valence-electron chi connectivity index (χ4n) is 3.68. The van der Waals surface area contributed by atoms with E-state index in [1.807, 2.05) is 80.8 Å². The van der Waals surface area contributed by atoms with Gasteiger partial charge >= 0.3 is 6.03 Å². The van der Waals surface area contributed by atoms with E-state index in [2.05, 4.69) is 26.1 Å². The lowest BCUT2D eigenvalue weighted by Crippen LogP contribution is -2.28. The van der Waals surface area contributed by atoms with Gasteiger partial charge in [-0.25, -0.2) is 19.7 Å². The van der Waals surface area contributed by atoms with Crippen molar-refractivity contribution in [1.82, 2.24) is 29.8 Å². The minimum absolute atomic E-state index is 0.189. The van der Waals surface area contributed by atoms with Crippen molar-refractivity contribution in [3.8, 4) is 11.3 Å². The molecule has 0 fully saturated rings. The standard InChI is InChI=1S/C25H29N9O2S/c1-25(2,3)19-12-20(32-36-19)30-23(35)28-16-8-6-15(7-9-16)17-14-34-18-13-27-22(33(5)11-10-26-4)31-21(18)37-24(34)29-17/h6-9,12-14,26H,10-11H2,1-5H3,(H2,28,30,32,35). The average molecular weight is 520 g/mol. The fourth-order valence-corrected chi connectivity index (χ4v) is 4.63. The first kappa shape index (κ1) is 24.7. The van der Waals surface area contributed by atoms with E-state index in [4.69, 9.17) is 14.5 Å². The van der Waals surface area contributed by atoms with Crippen molar-refractivity contribution in [1.29, 1.82) is 0 Å². The number of amides is 2. The molecule has 0 spiro atoms. The molecule has 5 aromatic rings. The maximum Gasteiger partial charge on any atom is 0.324 e. The van der Waals surface area contributed by atoms with E-state index in [9.17, 15) is 4.79 Å². The summed E-state index contributed by atoms with van der Waals surface area (Å²) in [7, 11) is 3.90. The van der Waals surface area contributed by atoms with Crippen LogP contribution in [0.1, 0.15) is 26.5 Å². The number of benzene rings is 1. The molecule has 0 aliphatic carbocycles. The van der Waals surface area contributed by atoms with Crippen molar-refractivity contribution in [2.45, 2.75) is 26.2 Å². The molecule has 0 radical (unpaired) electrons. The first-order chi connectivity index (χ1) is 17.7. The molecule has 2 amide bonds. The molecular weight excluding hydrogens is 490 g/mol. The zero-order valence-electron chi connectivity index (χ0n) is 21.4. The molecule has 0 unspecified atom stereocenters. The van der Waals surface area contributed by atoms with Gasteiger partial charge in [0.15, 0.2) is 10.8 Å². The topological polar surface area (TPSA) is 126 Å². The molecule has 0 aliphatic rings. The highest BCUT2D eigenvalue weighted by Crippen LogP contribution is 2.29. The summed E-state index contributed by atoms with van der Waals surface area (Å²) in [5.41, 5.74) is 3.14. The number of hydrogen-bond donors (Lipinski definition) is 3. The summed E-state index contributed by atoms with van der Waals surface area (Å²) in [6.45, 7) is 7.72. The van der Waals surface area contributed by atoms with Crippen molar-refractivity contribution >= 4 is 50.1 Å². The molecule has 12 heteroatoms. The Hall–Kier alpha value is -4.03. The number of rotatable bonds is 7. The Labute approximate surface area is 217 Å². The second kappa shape index (κ2) is 9.79. The number of urea groups is 1. The van der Waals surface area contributed by atoms with Crippen LogP contribution in [0, 0.1) is 0 Å². The summed E-state index contributed by atoms with van der Waals surface area (Å²) >= 11 is 1.53. The minimum atomic E-state index is -0.397. The lowest BCUT2D eigenvalue weighted by Gasteiger charge is -2.16. The Morgan fingerprint density at radius 3 is 2.65 bits per heavy atom. The Balaban J connectivity index is 1.27. The largest absolute Gasteiger partial charge is 0.359 e. The van der Waals surface area contributed by atoms with Crippen LogP contribution in [-0.2, 0) is 5.41 Å². The highest BCUT2D eigenvalue weighted by Gasteiger charge is 2.20. The molecule has 4 heterocycles. The summed E-state index contributed by atoms with van der Waals surface area (Å²) in [4.78, 5) is 30.2. The Morgan fingerprint density at radius 1 is 1.16 bits per heavy atom. The van der Waals surface area contributed by atoms with Gasteiger partial charge in [0.05, 0.1) is 11.9 Å². The number of thiazole rings is 1. The molecule has 5 rings (SSSR count). The van der Waals surface area contributed by atoms with Gasteiger partial charge in [-0.15, -0.1) is 0 Å². The Kier molecular flexibility index (Phi) is 6.52. The summed E-state index contributed by atoms with van der Waals surface area (Å²) in [5.74, 6) is 1.76. The van der Waals surface area contributed by atoms with Crippen molar-refractivity contribution in [2.75, 3.05) is 42.7 Å². The van der Waals surface area contributed by atoms with Gasteiger partial charge in [0.2, 0.25) is 5.95 Å². The van der Waals surface area contributed by atoms with Crippen LogP contribution in [0.3, 0.4) is 0 Å². The third kappa shape index (κ3) is 5.25. The van der Waals surface area contributed by atoms with Gasteiger partial charge in [0.25, 0.3) is 0 Å². The van der Waals surface area contributed by atoms with E-state index in [1.54, 1.807) is 6.07 Å². The molecule has 11 nitrogen and oxygen atoms in total. The number of aromatic nitrogens is 5. The molecule has 37 heavy (non-hydrogen) atoms. The summed E-state index contributed by atoms with van der Waals surface area (Å²) in [5, 5.41) is 12.5. The zero-order valence-corrected chi connectivity index (χ0v) is 22.2. The first-order valence-electron chi connectivity index (χ1n) is 11.9. The number of nitrogens with zero attached hydrogens (tertiary/aromatic N) is 6. The molecule has 3 N–H and O–H groups in total. The van der Waals surface area contributed by atoms with Gasteiger partial charge in [-0.1, -0.05) is 49.4 Å². The van der Waals surface area contributed by atoms with Crippen LogP contribution in [0.15, 0.2) is 47.2 Å². The van der Waals surface area contributed by atoms with E-state index in [-0.39, 0.29) is 5.41 Å². The second-order valence-corrected chi connectivity index (χ2v) is 10.7. The Morgan fingerprint density at radius 2 is 1.95 bits per heavy atom. The molecule has 0 saturated heterocycles. The molecular formula is C25H29N9O2S. The van der Waals surface area contributed by atoms with Crippen LogP contribution in [0.2, 0.25) is 0 Å². The summed E-state index contributed by atoms with van der Waals surface area (Å²) < 4.78 is 7.32. The number of hydrogen-bond acceptors (Lipinski definition) is 9. The van der Waals surface area contributed by atoms with E-state index < -0.39 is 6.03 Å². The van der Waals surface area contributed by atoms with Crippen molar-refractivity contribution in [3.63, 3.8) is 0 Å². The third-order valence-corrected chi connectivity index (χ3v) is 6.78. The van der Waals surface area contributed by atoms with Crippen LogP contribution in [0.5, 0.6) is 0 Å². The predicted octanol–water partition coefficient (Wildman–Crippen LogP) is 4.59. The maximum absolute atomic E-state index is 12.4. The lowest BCUT2D eigenvalue weighted by molar-refractivity contribution is 0.262. The number of anilines is 3. The number of likely N-dealkylation sites (N-methyl/N-ethyl adjacent to an activating group) is 2. The van der Waals surface area contributed by atoms with Gasteiger partial charge in [-0.2, -0.15) is 0 Å². The van der Waals surface area contributed by atoms with E-state index in [0.29, 0.717) is 23.2 Å².